The Morgan fingerprint density at radius 3 is 2.75 bits per heavy atom. The van der Waals surface area contributed by atoms with Gasteiger partial charge >= 0.3 is 0 Å². The van der Waals surface area contributed by atoms with E-state index in [9.17, 15) is 9.59 Å². The first-order valence-electron chi connectivity index (χ1n) is 6.69. The van der Waals surface area contributed by atoms with Crippen molar-refractivity contribution in [2.24, 2.45) is 5.92 Å². The fourth-order valence-electron chi connectivity index (χ4n) is 2.31. The van der Waals surface area contributed by atoms with Crippen LogP contribution in [0.5, 0.6) is 0 Å². The molecule has 0 atom stereocenters. The molecule has 0 aliphatic carbocycles. The van der Waals surface area contributed by atoms with Crippen molar-refractivity contribution in [1.29, 1.82) is 0 Å². The molecular formula is C14H18N2O3S. The number of rotatable bonds is 4. The van der Waals surface area contributed by atoms with Gasteiger partial charge in [-0.15, -0.1) is 6.58 Å². The van der Waals surface area contributed by atoms with Gasteiger partial charge in [0.2, 0.25) is 0 Å². The van der Waals surface area contributed by atoms with Crippen molar-refractivity contribution in [1.82, 2.24) is 10.2 Å². The third kappa shape index (κ3) is 3.32. The van der Waals surface area contributed by atoms with E-state index in [2.05, 4.69) is 11.9 Å². The van der Waals surface area contributed by atoms with Gasteiger partial charge in [0, 0.05) is 19.8 Å². The first-order valence-corrected chi connectivity index (χ1v) is 7.10. The molecule has 2 amide bonds. The van der Waals surface area contributed by atoms with Crippen LogP contribution in [0.1, 0.15) is 19.3 Å². The number of nitrogens with one attached hydrogen (secondary N) is 1. The fourth-order valence-corrected chi connectivity index (χ4v) is 2.56. The normalized spacial score (nSPS) is 23.1. The average molecular weight is 294 g/mol. The minimum absolute atomic E-state index is 0.142. The highest BCUT2D eigenvalue weighted by molar-refractivity contribution is 7.80. The van der Waals surface area contributed by atoms with Gasteiger partial charge < -0.3 is 4.74 Å². The van der Waals surface area contributed by atoms with Crippen LogP contribution in [0, 0.1) is 5.92 Å². The molecule has 0 radical (unpaired) electrons. The summed E-state index contributed by atoms with van der Waals surface area (Å²) in [5.74, 6) is -0.281. The molecule has 1 N–H and O–H groups in total. The number of carbonyl (C=O) groups excluding carboxylic acids is 2. The Kier molecular flexibility index (Phi) is 5.03. The van der Waals surface area contributed by atoms with E-state index >= 15 is 0 Å². The summed E-state index contributed by atoms with van der Waals surface area (Å²) in [4.78, 5) is 25.5. The zero-order valence-electron chi connectivity index (χ0n) is 11.3. The quantitative estimate of drug-likeness (QED) is 0.366. The number of allylic oxidation sites excluding steroid dienone is 1. The van der Waals surface area contributed by atoms with E-state index in [-0.39, 0.29) is 16.6 Å². The lowest BCUT2D eigenvalue weighted by atomic mass is 9.95. The van der Waals surface area contributed by atoms with Crippen LogP contribution in [0.3, 0.4) is 0 Å². The van der Waals surface area contributed by atoms with E-state index in [4.69, 9.17) is 17.0 Å². The van der Waals surface area contributed by atoms with Gasteiger partial charge in [-0.25, -0.2) is 0 Å². The molecule has 2 aliphatic heterocycles. The Morgan fingerprint density at radius 2 is 2.10 bits per heavy atom. The Bertz CT molecular complexity index is 467. The first kappa shape index (κ1) is 14.9. The number of thiocarbonyl (C=S) groups is 1. The van der Waals surface area contributed by atoms with Gasteiger partial charge in [-0.05, 0) is 37.4 Å². The number of hydrogen-bond donors (Lipinski definition) is 1. The molecule has 0 saturated carbocycles. The molecule has 6 heteroatoms. The van der Waals surface area contributed by atoms with Crippen LogP contribution >= 0.6 is 12.2 Å². The molecule has 5 nitrogen and oxygen atoms in total. The predicted molar refractivity (Wildman–Crippen MR) is 78.9 cm³/mol. The van der Waals surface area contributed by atoms with Crippen LogP contribution in [-0.4, -0.2) is 41.6 Å². The van der Waals surface area contributed by atoms with Gasteiger partial charge in [0.05, 0.1) is 0 Å². The Balaban J connectivity index is 2.07. The monoisotopic (exact) mass is 294 g/mol. The number of nitrogens with zero attached hydrogens (tertiary/aromatic N) is 1. The molecule has 2 aliphatic rings. The van der Waals surface area contributed by atoms with Crippen molar-refractivity contribution in [3.8, 4) is 0 Å². The predicted octanol–water partition coefficient (Wildman–Crippen LogP) is 1.16. The molecular weight excluding hydrogens is 276 g/mol. The van der Waals surface area contributed by atoms with E-state index < -0.39 is 5.91 Å². The molecule has 20 heavy (non-hydrogen) atoms. The summed E-state index contributed by atoms with van der Waals surface area (Å²) in [6.07, 6.45) is 5.96. The number of carbonyl (C=O) groups is 2. The van der Waals surface area contributed by atoms with Crippen LogP contribution in [-0.2, 0) is 14.3 Å². The van der Waals surface area contributed by atoms with Crippen molar-refractivity contribution in [3.05, 3.63) is 24.3 Å². The van der Waals surface area contributed by atoms with Crippen molar-refractivity contribution in [2.75, 3.05) is 19.8 Å². The average Bonchev–Trinajstić information content (AvgIpc) is 2.44. The molecule has 108 valence electrons. The number of amides is 2. The van der Waals surface area contributed by atoms with E-state index in [1.54, 1.807) is 12.2 Å². The van der Waals surface area contributed by atoms with Crippen molar-refractivity contribution in [3.63, 3.8) is 0 Å². The van der Waals surface area contributed by atoms with Crippen molar-refractivity contribution >= 4 is 29.1 Å². The molecule has 2 rings (SSSR count). The van der Waals surface area contributed by atoms with E-state index in [1.807, 2.05) is 0 Å². The first-order chi connectivity index (χ1) is 9.63. The summed E-state index contributed by atoms with van der Waals surface area (Å²) in [6, 6.07) is 0. The second-order valence-corrected chi connectivity index (χ2v) is 5.26. The van der Waals surface area contributed by atoms with Gasteiger partial charge in [-0.3, -0.25) is 19.8 Å². The Hall–Kier alpha value is -1.53. The SMILES string of the molecule is C=CCN1C(=O)/C(=C\CC2CCOCC2)C(=O)NC1=S. The van der Waals surface area contributed by atoms with Gasteiger partial charge in [0.1, 0.15) is 5.57 Å². The third-order valence-electron chi connectivity index (χ3n) is 3.49. The van der Waals surface area contributed by atoms with Crippen LogP contribution in [0.25, 0.3) is 0 Å². The highest BCUT2D eigenvalue weighted by Gasteiger charge is 2.32. The van der Waals surface area contributed by atoms with E-state index in [0.717, 1.165) is 26.1 Å². The topological polar surface area (TPSA) is 58.6 Å². The molecule has 0 bridgehead atoms. The molecule has 2 fully saturated rings. The standard InChI is InChI=1S/C14H18N2O3S/c1-2-7-16-13(18)11(12(17)15-14(16)20)4-3-10-5-8-19-9-6-10/h2,4,10H,1,3,5-9H2,(H,15,17,20)/b11-4-. The molecule has 0 aromatic carbocycles. The fraction of sp³-hybridized carbons (Fsp3) is 0.500. The summed E-state index contributed by atoms with van der Waals surface area (Å²) >= 11 is 4.99. The van der Waals surface area contributed by atoms with Crippen molar-refractivity contribution in [2.45, 2.75) is 19.3 Å². The second-order valence-electron chi connectivity index (χ2n) is 4.87. The minimum Gasteiger partial charge on any atom is -0.381 e. The third-order valence-corrected chi connectivity index (χ3v) is 3.82. The molecule has 0 spiro atoms. The van der Waals surface area contributed by atoms with Gasteiger partial charge in [0.15, 0.2) is 5.11 Å². The molecule has 2 saturated heterocycles. The highest BCUT2D eigenvalue weighted by Crippen LogP contribution is 2.21. The zero-order chi connectivity index (χ0) is 14.5. The second kappa shape index (κ2) is 6.76. The lowest BCUT2D eigenvalue weighted by molar-refractivity contribution is -0.128. The zero-order valence-corrected chi connectivity index (χ0v) is 12.1. The van der Waals surface area contributed by atoms with E-state index in [1.165, 1.54) is 4.90 Å². The highest BCUT2D eigenvalue weighted by atomic mass is 32.1. The smallest absolute Gasteiger partial charge is 0.265 e. The van der Waals surface area contributed by atoms with Gasteiger partial charge in [-0.1, -0.05) is 12.2 Å². The lowest BCUT2D eigenvalue weighted by Crippen LogP contribution is -2.54. The number of hydrogen-bond acceptors (Lipinski definition) is 4. The number of ether oxygens (including phenoxy) is 1. The molecule has 0 unspecified atom stereocenters. The molecule has 0 aromatic heterocycles. The van der Waals surface area contributed by atoms with Crippen LogP contribution in [0.15, 0.2) is 24.3 Å². The lowest BCUT2D eigenvalue weighted by Gasteiger charge is -2.28. The van der Waals surface area contributed by atoms with E-state index in [0.29, 0.717) is 18.9 Å². The van der Waals surface area contributed by atoms with Gasteiger partial charge in [0.25, 0.3) is 11.8 Å². The summed E-state index contributed by atoms with van der Waals surface area (Å²) in [7, 11) is 0. The maximum Gasteiger partial charge on any atom is 0.265 e. The van der Waals surface area contributed by atoms with Crippen LogP contribution in [0.4, 0.5) is 0 Å². The largest absolute Gasteiger partial charge is 0.381 e. The maximum atomic E-state index is 12.2. The Morgan fingerprint density at radius 1 is 1.40 bits per heavy atom. The summed E-state index contributed by atoms with van der Waals surface area (Å²) < 4.78 is 5.29. The maximum absolute atomic E-state index is 12.2. The van der Waals surface area contributed by atoms with Crippen molar-refractivity contribution < 1.29 is 14.3 Å². The van der Waals surface area contributed by atoms with Gasteiger partial charge in [-0.2, -0.15) is 0 Å². The summed E-state index contributed by atoms with van der Waals surface area (Å²) in [5.41, 5.74) is 0.173. The summed E-state index contributed by atoms with van der Waals surface area (Å²) in [6.45, 7) is 5.39. The summed E-state index contributed by atoms with van der Waals surface area (Å²) in [5, 5.41) is 2.68. The molecule has 0 aromatic rings. The minimum atomic E-state index is -0.410. The molecule has 2 heterocycles. The van der Waals surface area contributed by atoms with Crippen LogP contribution < -0.4 is 5.32 Å². The van der Waals surface area contributed by atoms with Crippen LogP contribution in [0.2, 0.25) is 0 Å². The Labute approximate surface area is 123 Å².